The van der Waals surface area contributed by atoms with Crippen molar-refractivity contribution in [3.63, 3.8) is 0 Å². The van der Waals surface area contributed by atoms with Gasteiger partial charge in [0.2, 0.25) is 0 Å². The van der Waals surface area contributed by atoms with E-state index >= 15 is 0 Å². The molecule has 78 valence electrons. The van der Waals surface area contributed by atoms with E-state index in [0.29, 0.717) is 6.04 Å². The van der Waals surface area contributed by atoms with E-state index in [1.807, 2.05) is 0 Å². The third-order valence-electron chi connectivity index (χ3n) is 3.06. The SMILES string of the molecule is Cc1cc(C2CNCCN2C)c(C)[nH]1. The van der Waals surface area contributed by atoms with Gasteiger partial charge in [0.15, 0.2) is 0 Å². The standard InChI is InChI=1S/C11H19N3/c1-8-6-10(9(2)13-8)11-7-12-4-5-14(11)3/h6,11-13H,4-5,7H2,1-3H3. The lowest BCUT2D eigenvalue weighted by Crippen LogP contribution is -2.43. The maximum atomic E-state index is 3.44. The van der Waals surface area contributed by atoms with Crippen LogP contribution in [0, 0.1) is 13.8 Å². The largest absolute Gasteiger partial charge is 0.362 e. The number of nitrogens with zero attached hydrogens (tertiary/aromatic N) is 1. The van der Waals surface area contributed by atoms with Crippen molar-refractivity contribution in [2.24, 2.45) is 0 Å². The summed E-state index contributed by atoms with van der Waals surface area (Å²) in [5.74, 6) is 0. The fourth-order valence-electron chi connectivity index (χ4n) is 2.24. The highest BCUT2D eigenvalue weighted by Crippen LogP contribution is 2.24. The maximum absolute atomic E-state index is 3.44. The second-order valence-corrected chi connectivity index (χ2v) is 4.23. The Morgan fingerprint density at radius 1 is 1.43 bits per heavy atom. The van der Waals surface area contributed by atoms with E-state index in [4.69, 9.17) is 0 Å². The van der Waals surface area contributed by atoms with Gasteiger partial charge in [0.1, 0.15) is 0 Å². The Hall–Kier alpha value is -0.800. The van der Waals surface area contributed by atoms with Gasteiger partial charge < -0.3 is 10.3 Å². The van der Waals surface area contributed by atoms with E-state index in [0.717, 1.165) is 19.6 Å². The molecule has 14 heavy (non-hydrogen) atoms. The number of aromatic nitrogens is 1. The van der Waals surface area contributed by atoms with Gasteiger partial charge >= 0.3 is 0 Å². The van der Waals surface area contributed by atoms with E-state index in [1.165, 1.54) is 17.0 Å². The molecule has 1 aliphatic rings. The average molecular weight is 193 g/mol. The monoisotopic (exact) mass is 193 g/mol. The van der Waals surface area contributed by atoms with Crippen LogP contribution in [0.15, 0.2) is 6.07 Å². The molecule has 2 N–H and O–H groups in total. The number of likely N-dealkylation sites (N-methyl/N-ethyl adjacent to an activating group) is 1. The topological polar surface area (TPSA) is 31.1 Å². The second kappa shape index (κ2) is 3.75. The zero-order valence-electron chi connectivity index (χ0n) is 9.22. The van der Waals surface area contributed by atoms with Crippen molar-refractivity contribution in [2.45, 2.75) is 19.9 Å². The molecule has 1 saturated heterocycles. The van der Waals surface area contributed by atoms with Crippen LogP contribution in [-0.2, 0) is 0 Å². The van der Waals surface area contributed by atoms with Crippen molar-refractivity contribution in [3.05, 3.63) is 23.0 Å². The zero-order valence-corrected chi connectivity index (χ0v) is 9.22. The van der Waals surface area contributed by atoms with Crippen LogP contribution in [0.2, 0.25) is 0 Å². The smallest absolute Gasteiger partial charge is 0.0487 e. The van der Waals surface area contributed by atoms with Gasteiger partial charge in [-0.25, -0.2) is 0 Å². The first-order chi connectivity index (χ1) is 6.68. The third-order valence-corrected chi connectivity index (χ3v) is 3.06. The Morgan fingerprint density at radius 2 is 2.21 bits per heavy atom. The Bertz CT molecular complexity index is 316. The van der Waals surface area contributed by atoms with Crippen LogP contribution < -0.4 is 5.32 Å². The molecule has 0 bridgehead atoms. The Labute approximate surface area is 85.5 Å². The fraction of sp³-hybridized carbons (Fsp3) is 0.636. The Morgan fingerprint density at radius 3 is 2.79 bits per heavy atom. The highest BCUT2D eigenvalue weighted by molar-refractivity contribution is 5.28. The number of piperazine rings is 1. The molecule has 0 aromatic carbocycles. The van der Waals surface area contributed by atoms with Crippen LogP contribution in [0.1, 0.15) is 23.0 Å². The summed E-state index contributed by atoms with van der Waals surface area (Å²) in [5, 5.41) is 3.44. The molecule has 0 saturated carbocycles. The number of rotatable bonds is 1. The van der Waals surface area contributed by atoms with Crippen molar-refractivity contribution in [1.29, 1.82) is 0 Å². The van der Waals surface area contributed by atoms with Crippen LogP contribution in [0.25, 0.3) is 0 Å². The number of aryl methyl sites for hydroxylation is 2. The molecule has 1 aromatic heterocycles. The Kier molecular flexibility index (Phi) is 2.61. The molecular formula is C11H19N3. The van der Waals surface area contributed by atoms with Gasteiger partial charge in [-0.1, -0.05) is 0 Å². The number of nitrogens with one attached hydrogen (secondary N) is 2. The lowest BCUT2D eigenvalue weighted by molar-refractivity contribution is 0.202. The van der Waals surface area contributed by atoms with Crippen molar-refractivity contribution >= 4 is 0 Å². The first-order valence-corrected chi connectivity index (χ1v) is 5.25. The maximum Gasteiger partial charge on any atom is 0.0487 e. The molecule has 1 unspecified atom stereocenters. The van der Waals surface area contributed by atoms with Crippen molar-refractivity contribution in [2.75, 3.05) is 26.7 Å². The quantitative estimate of drug-likeness (QED) is 0.702. The molecule has 1 aliphatic heterocycles. The molecule has 1 aromatic rings. The lowest BCUT2D eigenvalue weighted by Gasteiger charge is -2.33. The zero-order chi connectivity index (χ0) is 10.1. The highest BCUT2D eigenvalue weighted by Gasteiger charge is 2.22. The predicted octanol–water partition coefficient (Wildman–Crippen LogP) is 1.21. The predicted molar refractivity (Wildman–Crippen MR) is 58.5 cm³/mol. The van der Waals surface area contributed by atoms with Gasteiger partial charge in [-0.05, 0) is 32.5 Å². The van der Waals surface area contributed by atoms with Crippen molar-refractivity contribution in [1.82, 2.24) is 15.2 Å². The molecule has 1 fully saturated rings. The summed E-state index contributed by atoms with van der Waals surface area (Å²) in [6.07, 6.45) is 0. The minimum atomic E-state index is 0.536. The number of aromatic amines is 1. The molecule has 0 spiro atoms. The number of hydrogen-bond donors (Lipinski definition) is 2. The van der Waals surface area contributed by atoms with Gasteiger partial charge in [-0.3, -0.25) is 4.90 Å². The molecule has 0 aliphatic carbocycles. The summed E-state index contributed by atoms with van der Waals surface area (Å²) in [4.78, 5) is 5.79. The minimum Gasteiger partial charge on any atom is -0.362 e. The summed E-state index contributed by atoms with van der Waals surface area (Å²) in [6, 6.07) is 2.80. The molecular weight excluding hydrogens is 174 g/mol. The summed E-state index contributed by atoms with van der Waals surface area (Å²) in [5.41, 5.74) is 4.01. The summed E-state index contributed by atoms with van der Waals surface area (Å²) < 4.78 is 0. The first-order valence-electron chi connectivity index (χ1n) is 5.25. The second-order valence-electron chi connectivity index (χ2n) is 4.23. The molecule has 0 amide bonds. The van der Waals surface area contributed by atoms with E-state index in [-0.39, 0.29) is 0 Å². The molecule has 3 nitrogen and oxygen atoms in total. The van der Waals surface area contributed by atoms with E-state index in [9.17, 15) is 0 Å². The van der Waals surface area contributed by atoms with Gasteiger partial charge in [0.05, 0.1) is 0 Å². The fourth-order valence-corrected chi connectivity index (χ4v) is 2.24. The van der Waals surface area contributed by atoms with E-state index in [1.54, 1.807) is 0 Å². The van der Waals surface area contributed by atoms with Crippen LogP contribution in [0.5, 0.6) is 0 Å². The van der Waals surface area contributed by atoms with E-state index < -0.39 is 0 Å². The van der Waals surface area contributed by atoms with E-state index in [2.05, 4.69) is 42.2 Å². The van der Waals surface area contributed by atoms with Crippen molar-refractivity contribution in [3.8, 4) is 0 Å². The van der Waals surface area contributed by atoms with Gasteiger partial charge in [-0.2, -0.15) is 0 Å². The summed E-state index contributed by atoms with van der Waals surface area (Å²) in [6.45, 7) is 7.58. The third kappa shape index (κ3) is 1.70. The average Bonchev–Trinajstić information content (AvgIpc) is 2.46. The molecule has 3 heteroatoms. The Balaban J connectivity index is 2.24. The summed E-state index contributed by atoms with van der Waals surface area (Å²) in [7, 11) is 2.20. The van der Waals surface area contributed by atoms with Crippen LogP contribution >= 0.6 is 0 Å². The molecule has 0 radical (unpaired) electrons. The van der Waals surface area contributed by atoms with Gasteiger partial charge in [-0.15, -0.1) is 0 Å². The highest BCUT2D eigenvalue weighted by atomic mass is 15.2. The normalized spacial score (nSPS) is 24.1. The van der Waals surface area contributed by atoms with Crippen LogP contribution in [0.3, 0.4) is 0 Å². The van der Waals surface area contributed by atoms with Crippen LogP contribution in [0.4, 0.5) is 0 Å². The molecule has 2 heterocycles. The lowest BCUT2D eigenvalue weighted by atomic mass is 10.0. The van der Waals surface area contributed by atoms with Gasteiger partial charge in [0, 0.05) is 37.1 Å². The minimum absolute atomic E-state index is 0.536. The number of hydrogen-bond acceptors (Lipinski definition) is 2. The molecule has 2 rings (SSSR count). The number of H-pyrrole nitrogens is 1. The van der Waals surface area contributed by atoms with Crippen LogP contribution in [-0.4, -0.2) is 36.6 Å². The van der Waals surface area contributed by atoms with Crippen molar-refractivity contribution < 1.29 is 0 Å². The first kappa shape index (κ1) is 9.74. The van der Waals surface area contributed by atoms with Gasteiger partial charge in [0.25, 0.3) is 0 Å². The molecule has 1 atom stereocenters. The summed E-state index contributed by atoms with van der Waals surface area (Å²) >= 11 is 0.